The Morgan fingerprint density at radius 2 is 1.86 bits per heavy atom. The van der Waals surface area contributed by atoms with Crippen LogP contribution in [0.15, 0.2) is 27.9 Å². The van der Waals surface area contributed by atoms with Crippen LogP contribution in [0.4, 0.5) is 0 Å². The maximum Gasteiger partial charge on any atom is 0.267 e. The zero-order chi connectivity index (χ0) is 15.9. The highest BCUT2D eigenvalue weighted by atomic mass is 32.2. The molecule has 1 aliphatic carbocycles. The van der Waals surface area contributed by atoms with E-state index >= 15 is 0 Å². The first-order valence-electron chi connectivity index (χ1n) is 7.12. The molecule has 3 N–H and O–H groups in total. The molecule has 116 valence electrons. The van der Waals surface area contributed by atoms with Gasteiger partial charge in [0.25, 0.3) is 5.56 Å². The molecule has 3 rings (SSSR count). The van der Waals surface area contributed by atoms with E-state index in [2.05, 4.69) is 10.2 Å². The van der Waals surface area contributed by atoms with E-state index in [0.717, 1.165) is 36.8 Å². The average molecular weight is 319 g/mol. The van der Waals surface area contributed by atoms with Crippen LogP contribution in [0.3, 0.4) is 0 Å². The zero-order valence-electron chi connectivity index (χ0n) is 12.2. The number of nitrogens with zero attached hydrogens (tertiary/aromatic N) is 1. The number of aromatic nitrogens is 2. The van der Waals surface area contributed by atoms with Crippen molar-refractivity contribution in [3.63, 3.8) is 0 Å². The summed E-state index contributed by atoms with van der Waals surface area (Å²) in [5.74, 6) is 0. The molecule has 0 saturated heterocycles. The molecule has 1 aromatic carbocycles. The number of benzene rings is 1. The Balaban J connectivity index is 2.23. The third-order valence-corrected chi connectivity index (χ3v) is 5.12. The first kappa shape index (κ1) is 14.9. The smallest absolute Gasteiger partial charge is 0.267 e. The molecule has 0 unspecified atom stereocenters. The lowest BCUT2D eigenvalue weighted by Crippen LogP contribution is -2.21. The third-order valence-electron chi connectivity index (χ3n) is 4.07. The van der Waals surface area contributed by atoms with Crippen molar-refractivity contribution >= 4 is 10.0 Å². The van der Waals surface area contributed by atoms with Crippen molar-refractivity contribution in [1.82, 2.24) is 10.2 Å². The second-order valence-electron chi connectivity index (χ2n) is 5.59. The van der Waals surface area contributed by atoms with Crippen LogP contribution >= 0.6 is 0 Å². The number of primary sulfonamides is 1. The molecule has 0 radical (unpaired) electrons. The number of rotatable bonds is 2. The number of nitrogens with one attached hydrogen (secondary N) is 1. The molecule has 0 amide bonds. The summed E-state index contributed by atoms with van der Waals surface area (Å²) >= 11 is 0. The highest BCUT2D eigenvalue weighted by Crippen LogP contribution is 2.29. The summed E-state index contributed by atoms with van der Waals surface area (Å²) in [6.45, 7) is 1.69. The second kappa shape index (κ2) is 5.33. The third kappa shape index (κ3) is 2.57. The minimum absolute atomic E-state index is 0.0857. The average Bonchev–Trinajstić information content (AvgIpc) is 2.48. The quantitative estimate of drug-likeness (QED) is 0.869. The van der Waals surface area contributed by atoms with Gasteiger partial charge in [-0.1, -0.05) is 12.1 Å². The number of fused-ring (bicyclic) bond motifs is 1. The minimum atomic E-state index is -3.79. The molecule has 2 aromatic rings. The number of aryl methyl sites for hydroxylation is 1. The van der Waals surface area contributed by atoms with Gasteiger partial charge >= 0.3 is 0 Å². The van der Waals surface area contributed by atoms with Crippen LogP contribution in [-0.2, 0) is 22.9 Å². The summed E-state index contributed by atoms with van der Waals surface area (Å²) in [4.78, 5) is 12.0. The lowest BCUT2D eigenvalue weighted by molar-refractivity contribution is 0.597. The highest BCUT2D eigenvalue weighted by molar-refractivity contribution is 7.89. The standard InChI is InChI=1S/C15H17N3O3S/c1-9-6-7-10(8-13(9)22(16,20)21)14-11-4-2-3-5-12(11)15(19)18-17-14/h6-8H,2-5H2,1H3,(H,18,19)(H2,16,20,21). The van der Waals surface area contributed by atoms with Gasteiger partial charge in [-0.15, -0.1) is 0 Å². The van der Waals surface area contributed by atoms with E-state index in [1.807, 2.05) is 0 Å². The van der Waals surface area contributed by atoms with Gasteiger partial charge < -0.3 is 0 Å². The molecule has 22 heavy (non-hydrogen) atoms. The van der Waals surface area contributed by atoms with Crippen LogP contribution in [0.5, 0.6) is 0 Å². The lowest BCUT2D eigenvalue weighted by Gasteiger charge is -2.17. The lowest BCUT2D eigenvalue weighted by atomic mass is 9.90. The van der Waals surface area contributed by atoms with E-state index in [-0.39, 0.29) is 10.5 Å². The van der Waals surface area contributed by atoms with E-state index in [4.69, 9.17) is 5.14 Å². The van der Waals surface area contributed by atoms with Gasteiger partial charge in [-0.05, 0) is 49.8 Å². The van der Waals surface area contributed by atoms with Gasteiger partial charge in [-0.2, -0.15) is 5.10 Å². The first-order valence-corrected chi connectivity index (χ1v) is 8.67. The van der Waals surface area contributed by atoms with Crippen LogP contribution in [0.2, 0.25) is 0 Å². The van der Waals surface area contributed by atoms with E-state index in [1.165, 1.54) is 6.07 Å². The fraction of sp³-hybridized carbons (Fsp3) is 0.333. The summed E-state index contributed by atoms with van der Waals surface area (Å²) in [6, 6.07) is 5.04. The van der Waals surface area contributed by atoms with Gasteiger partial charge in [0.1, 0.15) is 0 Å². The molecule has 1 aliphatic rings. The van der Waals surface area contributed by atoms with E-state index in [0.29, 0.717) is 16.8 Å². The van der Waals surface area contributed by atoms with Crippen molar-refractivity contribution in [2.75, 3.05) is 0 Å². The normalized spacial score (nSPS) is 14.6. The summed E-state index contributed by atoms with van der Waals surface area (Å²) < 4.78 is 23.4. The Kier molecular flexibility index (Phi) is 3.62. The summed E-state index contributed by atoms with van der Waals surface area (Å²) in [6.07, 6.45) is 3.49. The topological polar surface area (TPSA) is 106 Å². The summed E-state index contributed by atoms with van der Waals surface area (Å²) in [7, 11) is -3.79. The van der Waals surface area contributed by atoms with Crippen LogP contribution in [0.1, 0.15) is 29.5 Å². The van der Waals surface area contributed by atoms with Gasteiger partial charge in [0.05, 0.1) is 10.6 Å². The SMILES string of the molecule is Cc1ccc(-c2n[nH]c(=O)c3c2CCCC3)cc1S(N)(=O)=O. The van der Waals surface area contributed by atoms with Crippen molar-refractivity contribution < 1.29 is 8.42 Å². The number of sulfonamides is 1. The molecule has 0 spiro atoms. The maximum absolute atomic E-state index is 11.9. The number of hydrogen-bond donors (Lipinski definition) is 2. The second-order valence-corrected chi connectivity index (χ2v) is 7.12. The van der Waals surface area contributed by atoms with Gasteiger partial charge in [0.2, 0.25) is 10.0 Å². The van der Waals surface area contributed by atoms with Crippen LogP contribution in [0.25, 0.3) is 11.3 Å². The number of H-pyrrole nitrogens is 1. The molecule has 1 aromatic heterocycles. The first-order chi connectivity index (χ1) is 10.4. The van der Waals surface area contributed by atoms with Crippen molar-refractivity contribution in [3.8, 4) is 11.3 Å². The molecule has 6 nitrogen and oxygen atoms in total. The number of hydrogen-bond acceptors (Lipinski definition) is 4. The van der Waals surface area contributed by atoms with Gasteiger partial charge in [-0.3, -0.25) is 4.79 Å². The van der Waals surface area contributed by atoms with Crippen molar-refractivity contribution in [2.45, 2.75) is 37.5 Å². The number of aromatic amines is 1. The van der Waals surface area contributed by atoms with Crippen molar-refractivity contribution in [2.24, 2.45) is 5.14 Å². The molecule has 0 saturated carbocycles. The minimum Gasteiger partial charge on any atom is -0.268 e. The Morgan fingerprint density at radius 3 is 2.55 bits per heavy atom. The Hall–Kier alpha value is -1.99. The number of nitrogens with two attached hydrogens (primary N) is 1. The Labute approximate surface area is 128 Å². The van der Waals surface area contributed by atoms with E-state index in [1.54, 1.807) is 19.1 Å². The molecule has 7 heteroatoms. The summed E-state index contributed by atoms with van der Waals surface area (Å²) in [5.41, 5.74) is 3.40. The molecule has 0 atom stereocenters. The molecular formula is C15H17N3O3S. The van der Waals surface area contributed by atoms with Gasteiger partial charge in [-0.25, -0.2) is 18.7 Å². The van der Waals surface area contributed by atoms with Gasteiger partial charge in [0, 0.05) is 11.1 Å². The van der Waals surface area contributed by atoms with Crippen LogP contribution in [0, 0.1) is 6.92 Å². The fourth-order valence-corrected chi connectivity index (χ4v) is 3.76. The van der Waals surface area contributed by atoms with Gasteiger partial charge in [0.15, 0.2) is 0 Å². The van der Waals surface area contributed by atoms with Crippen molar-refractivity contribution in [1.29, 1.82) is 0 Å². The monoisotopic (exact) mass is 319 g/mol. The Bertz CT molecular complexity index is 901. The van der Waals surface area contributed by atoms with Crippen molar-refractivity contribution in [3.05, 3.63) is 45.2 Å². The molecule has 1 heterocycles. The molecule has 0 bridgehead atoms. The van der Waals surface area contributed by atoms with E-state index < -0.39 is 10.0 Å². The zero-order valence-corrected chi connectivity index (χ0v) is 13.0. The summed E-state index contributed by atoms with van der Waals surface area (Å²) in [5, 5.41) is 11.9. The maximum atomic E-state index is 11.9. The molecular weight excluding hydrogens is 302 g/mol. The highest BCUT2D eigenvalue weighted by Gasteiger charge is 2.20. The van der Waals surface area contributed by atoms with Crippen LogP contribution in [-0.4, -0.2) is 18.6 Å². The van der Waals surface area contributed by atoms with E-state index in [9.17, 15) is 13.2 Å². The largest absolute Gasteiger partial charge is 0.268 e. The predicted molar refractivity (Wildman–Crippen MR) is 83.0 cm³/mol. The predicted octanol–water partition coefficient (Wildman–Crippen LogP) is 1.27. The molecule has 0 aliphatic heterocycles. The van der Waals surface area contributed by atoms with Crippen LogP contribution < -0.4 is 10.7 Å². The Morgan fingerprint density at radius 1 is 1.18 bits per heavy atom. The fourth-order valence-electron chi connectivity index (χ4n) is 2.95. The molecule has 0 fully saturated rings.